The van der Waals surface area contributed by atoms with Gasteiger partial charge in [-0.1, -0.05) is 13.8 Å². The van der Waals surface area contributed by atoms with Crippen molar-refractivity contribution in [2.75, 3.05) is 0 Å². The van der Waals surface area contributed by atoms with Gasteiger partial charge in [0.1, 0.15) is 0 Å². The Kier molecular flexibility index (Phi) is 3.96. The maximum absolute atomic E-state index is 10.9. The fourth-order valence-corrected chi connectivity index (χ4v) is 1.34. The second-order valence-corrected chi connectivity index (χ2v) is 3.99. The van der Waals surface area contributed by atoms with Gasteiger partial charge in [-0.05, 0) is 25.7 Å². The van der Waals surface area contributed by atoms with Gasteiger partial charge in [-0.15, -0.1) is 6.42 Å². The first-order chi connectivity index (χ1) is 5.79. The van der Waals surface area contributed by atoms with Gasteiger partial charge >= 0.3 is 0 Å². The van der Waals surface area contributed by atoms with Gasteiger partial charge < -0.3 is 10.4 Å². The minimum atomic E-state index is -0.958. The van der Waals surface area contributed by atoms with Crippen LogP contribution in [0.3, 0.4) is 0 Å². The smallest absolute Gasteiger partial charge is 0.295 e. The molecule has 0 aromatic heterocycles. The maximum atomic E-state index is 10.9. The van der Waals surface area contributed by atoms with E-state index in [2.05, 4.69) is 5.32 Å². The average Bonchev–Trinajstić information content (AvgIpc) is 1.96. The molecular weight excluding hydrogens is 166 g/mol. The van der Waals surface area contributed by atoms with Crippen molar-refractivity contribution >= 4 is 5.91 Å². The molecule has 0 aliphatic carbocycles. The second-order valence-electron chi connectivity index (χ2n) is 3.99. The van der Waals surface area contributed by atoms with Crippen molar-refractivity contribution in [2.24, 2.45) is 5.92 Å². The molecule has 0 saturated carbocycles. The van der Waals surface area contributed by atoms with Gasteiger partial charge in [0.05, 0.1) is 11.6 Å². The van der Waals surface area contributed by atoms with Crippen LogP contribution in [0.15, 0.2) is 0 Å². The van der Waals surface area contributed by atoms with Gasteiger partial charge in [-0.3, -0.25) is 4.79 Å². The van der Waals surface area contributed by atoms with Gasteiger partial charge in [0.25, 0.3) is 5.91 Å². The Balaban J connectivity index is 4.48. The normalized spacial score (nSPS) is 13.6. The molecule has 3 heteroatoms. The largest absolute Gasteiger partial charge is 0.388 e. The third kappa shape index (κ3) is 3.95. The fourth-order valence-electron chi connectivity index (χ4n) is 1.34. The zero-order valence-corrected chi connectivity index (χ0v) is 8.59. The quantitative estimate of drug-likeness (QED) is 0.627. The molecule has 1 amide bonds. The molecule has 0 spiro atoms. The number of nitrogens with one attached hydrogen (secondary N) is 1. The van der Waals surface area contributed by atoms with E-state index in [9.17, 15) is 9.90 Å². The summed E-state index contributed by atoms with van der Waals surface area (Å²) in [4.78, 5) is 10.9. The number of rotatable bonds is 3. The molecule has 0 rings (SSSR count). The zero-order valence-electron chi connectivity index (χ0n) is 8.59. The molecule has 0 aliphatic rings. The third-order valence-corrected chi connectivity index (χ3v) is 1.85. The molecule has 0 heterocycles. The molecule has 13 heavy (non-hydrogen) atoms. The van der Waals surface area contributed by atoms with Crippen molar-refractivity contribution in [3.63, 3.8) is 0 Å². The standard InChI is InChI=1S/C10H17NO2/c1-6-8(12)11-9(7(2)3)10(4,5)13/h1,7,9,13H,2-5H3,(H,11,12)/t9-/m0/s1. The molecule has 0 bridgehead atoms. The lowest BCUT2D eigenvalue weighted by atomic mass is 9.89. The van der Waals surface area contributed by atoms with Crippen molar-refractivity contribution in [3.8, 4) is 12.3 Å². The van der Waals surface area contributed by atoms with Crippen LogP contribution >= 0.6 is 0 Å². The van der Waals surface area contributed by atoms with Crippen molar-refractivity contribution < 1.29 is 9.90 Å². The first-order valence-electron chi connectivity index (χ1n) is 4.28. The summed E-state index contributed by atoms with van der Waals surface area (Å²) < 4.78 is 0. The minimum absolute atomic E-state index is 0.136. The van der Waals surface area contributed by atoms with Crippen LogP contribution in [0.2, 0.25) is 0 Å². The molecule has 0 unspecified atom stereocenters. The van der Waals surface area contributed by atoms with E-state index in [1.165, 1.54) is 0 Å². The highest BCUT2D eigenvalue weighted by Gasteiger charge is 2.30. The molecule has 2 N–H and O–H groups in total. The van der Waals surface area contributed by atoms with Crippen LogP contribution in [0, 0.1) is 18.3 Å². The number of hydrogen-bond donors (Lipinski definition) is 2. The summed E-state index contributed by atoms with van der Waals surface area (Å²) >= 11 is 0. The number of carbonyl (C=O) groups is 1. The predicted molar refractivity (Wildman–Crippen MR) is 51.9 cm³/mol. The van der Waals surface area contributed by atoms with Crippen LogP contribution in [-0.4, -0.2) is 22.7 Å². The Morgan fingerprint density at radius 3 is 2.23 bits per heavy atom. The summed E-state index contributed by atoms with van der Waals surface area (Å²) in [6, 6.07) is -0.323. The summed E-state index contributed by atoms with van der Waals surface area (Å²) in [6.45, 7) is 7.13. The van der Waals surface area contributed by atoms with E-state index in [-0.39, 0.29) is 12.0 Å². The Labute approximate surface area is 79.5 Å². The van der Waals surface area contributed by atoms with Gasteiger partial charge in [-0.25, -0.2) is 0 Å². The Morgan fingerprint density at radius 2 is 2.00 bits per heavy atom. The highest BCUT2D eigenvalue weighted by molar-refractivity contribution is 5.93. The van der Waals surface area contributed by atoms with Gasteiger partial charge in [0.15, 0.2) is 0 Å². The summed E-state index contributed by atoms with van der Waals surface area (Å²) in [7, 11) is 0. The van der Waals surface area contributed by atoms with Crippen molar-refractivity contribution in [1.29, 1.82) is 0 Å². The molecule has 1 atom stereocenters. The topological polar surface area (TPSA) is 49.3 Å². The van der Waals surface area contributed by atoms with Crippen molar-refractivity contribution in [3.05, 3.63) is 0 Å². The van der Waals surface area contributed by atoms with Crippen LogP contribution < -0.4 is 5.32 Å². The highest BCUT2D eigenvalue weighted by atomic mass is 16.3. The number of terminal acetylenes is 1. The van der Waals surface area contributed by atoms with E-state index in [4.69, 9.17) is 6.42 Å². The monoisotopic (exact) mass is 183 g/mol. The Hall–Kier alpha value is -1.01. The molecule has 0 radical (unpaired) electrons. The molecule has 0 aromatic rings. The fraction of sp³-hybridized carbons (Fsp3) is 0.700. The van der Waals surface area contributed by atoms with Crippen LogP contribution in [0.25, 0.3) is 0 Å². The minimum Gasteiger partial charge on any atom is -0.388 e. The lowest BCUT2D eigenvalue weighted by Gasteiger charge is -2.32. The summed E-state index contributed by atoms with van der Waals surface area (Å²) in [5, 5.41) is 12.3. The lowest BCUT2D eigenvalue weighted by molar-refractivity contribution is -0.118. The number of aliphatic hydroxyl groups is 1. The van der Waals surface area contributed by atoms with Crippen molar-refractivity contribution in [1.82, 2.24) is 5.32 Å². The van der Waals surface area contributed by atoms with E-state index >= 15 is 0 Å². The summed E-state index contributed by atoms with van der Waals surface area (Å²) in [5.74, 6) is 1.61. The SMILES string of the molecule is C#CC(=O)N[C@@H](C(C)C)C(C)(C)O. The average molecular weight is 183 g/mol. The van der Waals surface area contributed by atoms with Gasteiger partial charge in [0, 0.05) is 0 Å². The van der Waals surface area contributed by atoms with E-state index in [1.807, 2.05) is 19.8 Å². The van der Waals surface area contributed by atoms with Crippen LogP contribution in [0.5, 0.6) is 0 Å². The van der Waals surface area contributed by atoms with E-state index in [0.717, 1.165) is 0 Å². The summed E-state index contributed by atoms with van der Waals surface area (Å²) in [5.41, 5.74) is -0.958. The van der Waals surface area contributed by atoms with Crippen LogP contribution in [-0.2, 0) is 4.79 Å². The third-order valence-electron chi connectivity index (χ3n) is 1.85. The zero-order chi connectivity index (χ0) is 10.6. The van der Waals surface area contributed by atoms with E-state index < -0.39 is 11.5 Å². The first kappa shape index (κ1) is 12.0. The molecule has 0 saturated heterocycles. The van der Waals surface area contributed by atoms with Gasteiger partial charge in [0.2, 0.25) is 0 Å². The Morgan fingerprint density at radius 1 is 1.54 bits per heavy atom. The summed E-state index contributed by atoms with van der Waals surface area (Å²) in [6.07, 6.45) is 4.92. The lowest BCUT2D eigenvalue weighted by Crippen LogP contribution is -2.52. The van der Waals surface area contributed by atoms with Crippen LogP contribution in [0.4, 0.5) is 0 Å². The van der Waals surface area contributed by atoms with Crippen LogP contribution in [0.1, 0.15) is 27.7 Å². The molecular formula is C10H17NO2. The molecule has 0 fully saturated rings. The van der Waals surface area contributed by atoms with E-state index in [0.29, 0.717) is 0 Å². The first-order valence-corrected chi connectivity index (χ1v) is 4.28. The molecule has 0 aromatic carbocycles. The maximum Gasteiger partial charge on any atom is 0.295 e. The predicted octanol–water partition coefficient (Wildman–Crippen LogP) is 0.531. The van der Waals surface area contributed by atoms with Gasteiger partial charge in [-0.2, -0.15) is 0 Å². The van der Waals surface area contributed by atoms with E-state index in [1.54, 1.807) is 13.8 Å². The molecule has 74 valence electrons. The second kappa shape index (κ2) is 4.29. The molecule has 3 nitrogen and oxygen atoms in total. The Bertz CT molecular complexity index is 220. The number of carbonyl (C=O) groups excluding carboxylic acids is 1. The highest BCUT2D eigenvalue weighted by Crippen LogP contribution is 2.16. The number of hydrogen-bond acceptors (Lipinski definition) is 2. The van der Waals surface area contributed by atoms with Crippen molar-refractivity contribution in [2.45, 2.75) is 39.3 Å². The number of amides is 1. The molecule has 0 aliphatic heterocycles.